The lowest BCUT2D eigenvalue weighted by Gasteiger charge is -2.08. The van der Waals surface area contributed by atoms with Gasteiger partial charge in [-0.05, 0) is 23.7 Å². The summed E-state index contributed by atoms with van der Waals surface area (Å²) in [5.74, 6) is -0.538. The van der Waals surface area contributed by atoms with Gasteiger partial charge in [0.05, 0.1) is 10.0 Å². The molecule has 0 saturated carbocycles. The molecule has 0 unspecified atom stereocenters. The van der Waals surface area contributed by atoms with Crippen LogP contribution in [0.15, 0.2) is 12.1 Å². The SMILES string of the molecule is Fc1c(Cl)cc(Nc2nc(Cl)nnc2Cl)cc1Cl. The minimum atomic E-state index is -0.700. The van der Waals surface area contributed by atoms with Crippen LogP contribution in [0, 0.1) is 5.82 Å². The Bertz CT molecular complexity index is 584. The van der Waals surface area contributed by atoms with E-state index in [0.29, 0.717) is 5.69 Å². The minimum Gasteiger partial charge on any atom is -0.337 e. The maximum atomic E-state index is 13.2. The fourth-order valence-electron chi connectivity index (χ4n) is 1.14. The molecule has 0 aliphatic rings. The molecule has 2 aromatic rings. The van der Waals surface area contributed by atoms with Gasteiger partial charge in [0.1, 0.15) is 0 Å². The second kappa shape index (κ2) is 5.40. The van der Waals surface area contributed by atoms with Gasteiger partial charge in [0.15, 0.2) is 16.8 Å². The molecule has 0 bridgehead atoms. The van der Waals surface area contributed by atoms with Gasteiger partial charge < -0.3 is 5.32 Å². The molecular formula is C9H3Cl4FN4. The Hall–Kier alpha value is -0.880. The van der Waals surface area contributed by atoms with Crippen molar-refractivity contribution < 1.29 is 4.39 Å². The number of aromatic nitrogens is 3. The van der Waals surface area contributed by atoms with Crippen molar-refractivity contribution in [3.63, 3.8) is 0 Å². The van der Waals surface area contributed by atoms with Gasteiger partial charge in [0, 0.05) is 5.69 Å². The number of rotatable bonds is 2. The summed E-state index contributed by atoms with van der Waals surface area (Å²) in [5.41, 5.74) is 0.393. The van der Waals surface area contributed by atoms with E-state index in [1.54, 1.807) is 0 Å². The summed E-state index contributed by atoms with van der Waals surface area (Å²) in [7, 11) is 0. The average molecular weight is 328 g/mol. The Morgan fingerprint density at radius 1 is 1.00 bits per heavy atom. The van der Waals surface area contributed by atoms with E-state index in [0.717, 1.165) is 0 Å². The zero-order valence-electron chi connectivity index (χ0n) is 8.39. The normalized spacial score (nSPS) is 10.5. The lowest BCUT2D eigenvalue weighted by atomic mass is 10.3. The highest BCUT2D eigenvalue weighted by molar-refractivity contribution is 6.35. The van der Waals surface area contributed by atoms with Gasteiger partial charge >= 0.3 is 0 Å². The Balaban J connectivity index is 2.37. The number of hydrogen-bond acceptors (Lipinski definition) is 4. The van der Waals surface area contributed by atoms with Crippen LogP contribution >= 0.6 is 46.4 Å². The fraction of sp³-hybridized carbons (Fsp3) is 0. The third kappa shape index (κ3) is 2.92. The molecular weight excluding hydrogens is 325 g/mol. The van der Waals surface area contributed by atoms with E-state index in [1.807, 2.05) is 0 Å². The van der Waals surface area contributed by atoms with Crippen LogP contribution in [0.25, 0.3) is 0 Å². The molecule has 0 fully saturated rings. The van der Waals surface area contributed by atoms with Crippen LogP contribution < -0.4 is 5.32 Å². The molecule has 0 atom stereocenters. The zero-order chi connectivity index (χ0) is 13.3. The Morgan fingerprint density at radius 2 is 1.61 bits per heavy atom. The number of nitrogens with one attached hydrogen (secondary N) is 1. The summed E-state index contributed by atoms with van der Waals surface area (Å²) in [6, 6.07) is 2.66. The topological polar surface area (TPSA) is 50.7 Å². The van der Waals surface area contributed by atoms with Crippen LogP contribution in [-0.4, -0.2) is 15.2 Å². The molecule has 9 heteroatoms. The summed E-state index contributed by atoms with van der Waals surface area (Å²) in [6.45, 7) is 0. The molecule has 0 spiro atoms. The molecule has 0 radical (unpaired) electrons. The van der Waals surface area contributed by atoms with Crippen molar-refractivity contribution >= 4 is 57.9 Å². The number of hydrogen-bond donors (Lipinski definition) is 1. The van der Waals surface area contributed by atoms with Gasteiger partial charge in [-0.2, -0.15) is 4.98 Å². The first-order valence-corrected chi connectivity index (χ1v) is 5.96. The van der Waals surface area contributed by atoms with Crippen LogP contribution in [0.5, 0.6) is 0 Å². The highest BCUT2D eigenvalue weighted by Crippen LogP contribution is 2.30. The molecule has 2 rings (SSSR count). The molecule has 0 saturated heterocycles. The first-order valence-electron chi connectivity index (χ1n) is 4.44. The van der Waals surface area contributed by atoms with E-state index < -0.39 is 5.82 Å². The number of halogens is 5. The van der Waals surface area contributed by atoms with E-state index in [1.165, 1.54) is 12.1 Å². The molecule has 18 heavy (non-hydrogen) atoms. The average Bonchev–Trinajstić information content (AvgIpc) is 2.31. The summed E-state index contributed by atoms with van der Waals surface area (Å²) >= 11 is 22.6. The maximum absolute atomic E-state index is 13.2. The van der Waals surface area contributed by atoms with Gasteiger partial charge in [0.25, 0.3) is 0 Å². The number of anilines is 2. The Morgan fingerprint density at radius 3 is 2.22 bits per heavy atom. The van der Waals surface area contributed by atoms with Gasteiger partial charge in [-0.15, -0.1) is 10.2 Å². The zero-order valence-corrected chi connectivity index (χ0v) is 11.4. The summed E-state index contributed by atoms with van der Waals surface area (Å²) in [6.07, 6.45) is 0. The van der Waals surface area contributed by atoms with Crippen molar-refractivity contribution in [3.05, 3.63) is 38.4 Å². The number of nitrogens with zero attached hydrogens (tertiary/aromatic N) is 3. The molecule has 94 valence electrons. The van der Waals surface area contributed by atoms with Crippen molar-refractivity contribution in [2.75, 3.05) is 5.32 Å². The van der Waals surface area contributed by atoms with E-state index >= 15 is 0 Å². The van der Waals surface area contributed by atoms with E-state index in [4.69, 9.17) is 46.4 Å². The third-order valence-corrected chi connectivity index (χ3v) is 2.83. The summed E-state index contributed by atoms with van der Waals surface area (Å²) < 4.78 is 13.2. The molecule has 0 aliphatic carbocycles. The smallest absolute Gasteiger partial charge is 0.245 e. The van der Waals surface area contributed by atoms with Crippen LogP contribution in [-0.2, 0) is 0 Å². The minimum absolute atomic E-state index is 0.0102. The van der Waals surface area contributed by atoms with Gasteiger partial charge in [-0.25, -0.2) is 4.39 Å². The second-order valence-electron chi connectivity index (χ2n) is 3.10. The monoisotopic (exact) mass is 326 g/mol. The fourth-order valence-corrected chi connectivity index (χ4v) is 1.87. The van der Waals surface area contributed by atoms with Crippen molar-refractivity contribution in [2.45, 2.75) is 0 Å². The molecule has 4 nitrogen and oxygen atoms in total. The maximum Gasteiger partial charge on any atom is 0.245 e. The van der Waals surface area contributed by atoms with Crippen molar-refractivity contribution in [1.82, 2.24) is 15.2 Å². The predicted octanol–water partition coefficient (Wildman–Crippen LogP) is 4.37. The van der Waals surface area contributed by atoms with Crippen molar-refractivity contribution in [3.8, 4) is 0 Å². The van der Waals surface area contributed by atoms with Crippen LogP contribution in [0.4, 0.5) is 15.9 Å². The van der Waals surface area contributed by atoms with E-state index in [2.05, 4.69) is 20.5 Å². The lowest BCUT2D eigenvalue weighted by Crippen LogP contribution is -1.99. The van der Waals surface area contributed by atoms with E-state index in [-0.39, 0.29) is 26.3 Å². The molecule has 1 N–H and O–H groups in total. The van der Waals surface area contributed by atoms with Crippen LogP contribution in [0.1, 0.15) is 0 Å². The number of benzene rings is 1. The second-order valence-corrected chi connectivity index (χ2v) is 4.61. The highest BCUT2D eigenvalue weighted by atomic mass is 35.5. The van der Waals surface area contributed by atoms with Crippen LogP contribution in [0.2, 0.25) is 20.5 Å². The van der Waals surface area contributed by atoms with Crippen molar-refractivity contribution in [2.24, 2.45) is 0 Å². The Labute approximate surface area is 121 Å². The Kier molecular flexibility index (Phi) is 4.07. The third-order valence-electron chi connectivity index (χ3n) is 1.87. The van der Waals surface area contributed by atoms with Gasteiger partial charge in [-0.3, -0.25) is 0 Å². The summed E-state index contributed by atoms with van der Waals surface area (Å²) in [5, 5.41) is 9.43. The molecule has 1 aromatic heterocycles. The molecule has 1 aromatic carbocycles. The van der Waals surface area contributed by atoms with Crippen molar-refractivity contribution in [1.29, 1.82) is 0 Å². The van der Waals surface area contributed by atoms with E-state index in [9.17, 15) is 4.39 Å². The summed E-state index contributed by atoms with van der Waals surface area (Å²) in [4.78, 5) is 3.82. The highest BCUT2D eigenvalue weighted by Gasteiger charge is 2.11. The van der Waals surface area contributed by atoms with Gasteiger partial charge in [-0.1, -0.05) is 34.8 Å². The largest absolute Gasteiger partial charge is 0.337 e. The first kappa shape index (κ1) is 13.5. The molecule has 1 heterocycles. The predicted molar refractivity (Wildman–Crippen MR) is 69.5 cm³/mol. The van der Waals surface area contributed by atoms with Gasteiger partial charge in [0.2, 0.25) is 5.28 Å². The quantitative estimate of drug-likeness (QED) is 0.832. The van der Waals surface area contributed by atoms with Crippen LogP contribution in [0.3, 0.4) is 0 Å². The lowest BCUT2D eigenvalue weighted by molar-refractivity contribution is 0.629. The standard InChI is InChI=1S/C9H3Cl4FN4/c10-4-1-3(2-5(11)6(4)14)15-8-7(12)17-18-9(13)16-8/h1-2H,(H,15,16,18). The molecule has 0 aliphatic heterocycles. The molecule has 0 amide bonds. The first-order chi connectivity index (χ1) is 8.47.